The Kier molecular flexibility index (Phi) is 5.52. The third-order valence-corrected chi connectivity index (χ3v) is 5.15. The molecule has 0 bridgehead atoms. The first-order chi connectivity index (χ1) is 9.63. The lowest BCUT2D eigenvalue weighted by Gasteiger charge is -2.26. The number of carbonyl (C=O) groups excluding carboxylic acids is 2. The van der Waals surface area contributed by atoms with Crippen LogP contribution in [-0.2, 0) is 14.3 Å². The van der Waals surface area contributed by atoms with Gasteiger partial charge in [-0.1, -0.05) is 26.0 Å². The van der Waals surface area contributed by atoms with Crippen LogP contribution in [0, 0.1) is 11.8 Å². The van der Waals surface area contributed by atoms with E-state index in [9.17, 15) is 9.59 Å². The molecule has 4 nitrogen and oxygen atoms in total. The van der Waals surface area contributed by atoms with Crippen molar-refractivity contribution in [3.63, 3.8) is 0 Å². The van der Waals surface area contributed by atoms with Crippen LogP contribution in [-0.4, -0.2) is 41.1 Å². The molecule has 3 atom stereocenters. The number of carbonyl (C=O) groups is 2. The van der Waals surface area contributed by atoms with Gasteiger partial charge in [0.1, 0.15) is 6.04 Å². The molecule has 1 aliphatic heterocycles. The monoisotopic (exact) mass is 297 g/mol. The molecule has 0 aromatic rings. The number of hydrogen-bond acceptors (Lipinski definition) is 4. The molecule has 1 amide bonds. The summed E-state index contributed by atoms with van der Waals surface area (Å²) in [5.74, 6) is 2.02. The number of ether oxygens (including phenoxy) is 1. The summed E-state index contributed by atoms with van der Waals surface area (Å²) in [6.07, 6.45) is 6.83. The van der Waals surface area contributed by atoms with Crippen molar-refractivity contribution in [1.82, 2.24) is 4.90 Å². The molecule has 2 rings (SSSR count). The molecule has 2 aliphatic rings. The predicted molar refractivity (Wildman–Crippen MR) is 80.2 cm³/mol. The molecule has 20 heavy (non-hydrogen) atoms. The highest BCUT2D eigenvalue weighted by Crippen LogP contribution is 2.26. The molecule has 112 valence electrons. The SMILES string of the molecule is CCC(=O)N1CSCC1C(=O)OCC1CC=CCC1C. The third kappa shape index (κ3) is 3.57. The number of esters is 1. The topological polar surface area (TPSA) is 46.6 Å². The molecule has 5 heteroatoms. The van der Waals surface area contributed by atoms with Crippen LogP contribution in [0.3, 0.4) is 0 Å². The van der Waals surface area contributed by atoms with E-state index in [1.165, 1.54) is 0 Å². The first-order valence-corrected chi connectivity index (χ1v) is 8.47. The molecule has 0 radical (unpaired) electrons. The highest BCUT2D eigenvalue weighted by atomic mass is 32.2. The van der Waals surface area contributed by atoms with E-state index in [-0.39, 0.29) is 17.9 Å². The second kappa shape index (κ2) is 7.16. The lowest BCUT2D eigenvalue weighted by atomic mass is 9.85. The van der Waals surface area contributed by atoms with E-state index in [0.717, 1.165) is 12.8 Å². The van der Waals surface area contributed by atoms with Crippen molar-refractivity contribution in [2.75, 3.05) is 18.2 Å². The van der Waals surface area contributed by atoms with Crippen LogP contribution < -0.4 is 0 Å². The van der Waals surface area contributed by atoms with Gasteiger partial charge >= 0.3 is 5.97 Å². The quantitative estimate of drug-likeness (QED) is 0.591. The van der Waals surface area contributed by atoms with Gasteiger partial charge in [-0.3, -0.25) is 4.79 Å². The van der Waals surface area contributed by atoms with Crippen molar-refractivity contribution in [1.29, 1.82) is 0 Å². The molecular weight excluding hydrogens is 274 g/mol. The molecule has 1 heterocycles. The fraction of sp³-hybridized carbons (Fsp3) is 0.733. The summed E-state index contributed by atoms with van der Waals surface area (Å²) in [6.45, 7) is 4.49. The van der Waals surface area contributed by atoms with Gasteiger partial charge in [-0.05, 0) is 24.7 Å². The molecular formula is C15H23NO3S. The zero-order chi connectivity index (χ0) is 14.5. The Morgan fingerprint density at radius 2 is 2.10 bits per heavy atom. The molecule has 0 spiro atoms. The molecule has 0 N–H and O–H groups in total. The molecule has 0 saturated carbocycles. The Morgan fingerprint density at radius 3 is 2.80 bits per heavy atom. The van der Waals surface area contributed by atoms with E-state index in [0.29, 0.717) is 36.5 Å². The molecule has 0 aromatic carbocycles. The highest BCUT2D eigenvalue weighted by molar-refractivity contribution is 7.99. The van der Waals surface area contributed by atoms with Crippen molar-refractivity contribution in [2.24, 2.45) is 11.8 Å². The Labute approximate surface area is 124 Å². The minimum absolute atomic E-state index is 0.0333. The lowest BCUT2D eigenvalue weighted by Crippen LogP contribution is -2.43. The molecule has 1 saturated heterocycles. The first kappa shape index (κ1) is 15.4. The lowest BCUT2D eigenvalue weighted by molar-refractivity contribution is -0.154. The number of amides is 1. The van der Waals surface area contributed by atoms with Crippen LogP contribution in [0.25, 0.3) is 0 Å². The fourth-order valence-corrected chi connectivity index (χ4v) is 3.78. The summed E-state index contributed by atoms with van der Waals surface area (Å²) in [7, 11) is 0. The summed E-state index contributed by atoms with van der Waals surface area (Å²) in [4.78, 5) is 25.6. The van der Waals surface area contributed by atoms with Gasteiger partial charge in [0.05, 0.1) is 12.5 Å². The van der Waals surface area contributed by atoms with Crippen LogP contribution in [0.1, 0.15) is 33.1 Å². The van der Waals surface area contributed by atoms with Gasteiger partial charge in [0, 0.05) is 12.2 Å². The summed E-state index contributed by atoms with van der Waals surface area (Å²) in [6, 6.07) is -0.387. The van der Waals surface area contributed by atoms with Crippen LogP contribution in [0.4, 0.5) is 0 Å². The zero-order valence-electron chi connectivity index (χ0n) is 12.2. The maximum atomic E-state index is 12.2. The summed E-state index contributed by atoms with van der Waals surface area (Å²) in [5, 5.41) is 0. The number of nitrogens with zero attached hydrogens (tertiary/aromatic N) is 1. The smallest absolute Gasteiger partial charge is 0.329 e. The van der Waals surface area contributed by atoms with Crippen molar-refractivity contribution >= 4 is 23.6 Å². The normalized spacial score (nSPS) is 29.5. The summed E-state index contributed by atoms with van der Waals surface area (Å²) in [5.41, 5.74) is 0. The molecule has 3 unspecified atom stereocenters. The third-order valence-electron chi connectivity index (χ3n) is 4.13. The Balaban J connectivity index is 1.85. The summed E-state index contributed by atoms with van der Waals surface area (Å²) >= 11 is 1.62. The molecule has 1 fully saturated rings. The van der Waals surface area contributed by atoms with Gasteiger partial charge in [-0.2, -0.15) is 0 Å². The fourth-order valence-electron chi connectivity index (χ4n) is 2.61. The minimum atomic E-state index is -0.387. The van der Waals surface area contributed by atoms with Gasteiger partial charge < -0.3 is 9.64 Å². The molecule has 0 aromatic heterocycles. The Bertz CT molecular complexity index is 397. The van der Waals surface area contributed by atoms with E-state index < -0.39 is 0 Å². The second-order valence-corrected chi connectivity index (χ2v) is 6.54. The van der Waals surface area contributed by atoms with Crippen LogP contribution in [0.15, 0.2) is 12.2 Å². The minimum Gasteiger partial charge on any atom is -0.464 e. The highest BCUT2D eigenvalue weighted by Gasteiger charge is 2.35. The zero-order valence-corrected chi connectivity index (χ0v) is 13.0. The number of thioether (sulfide) groups is 1. The van der Waals surface area contributed by atoms with E-state index in [1.54, 1.807) is 16.7 Å². The van der Waals surface area contributed by atoms with Crippen LogP contribution >= 0.6 is 11.8 Å². The van der Waals surface area contributed by atoms with E-state index in [1.807, 2.05) is 6.92 Å². The summed E-state index contributed by atoms with van der Waals surface area (Å²) < 4.78 is 5.48. The van der Waals surface area contributed by atoms with Gasteiger partial charge in [-0.25, -0.2) is 4.79 Å². The Morgan fingerprint density at radius 1 is 1.35 bits per heavy atom. The average Bonchev–Trinajstić information content (AvgIpc) is 2.94. The number of rotatable bonds is 4. The van der Waals surface area contributed by atoms with Crippen LogP contribution in [0.5, 0.6) is 0 Å². The first-order valence-electron chi connectivity index (χ1n) is 7.32. The maximum absolute atomic E-state index is 12.2. The number of allylic oxidation sites excluding steroid dienone is 2. The van der Waals surface area contributed by atoms with E-state index in [2.05, 4.69) is 19.1 Å². The largest absolute Gasteiger partial charge is 0.464 e. The van der Waals surface area contributed by atoms with Crippen molar-refractivity contribution in [3.8, 4) is 0 Å². The standard InChI is InChI=1S/C15H23NO3S/c1-3-14(17)16-10-20-9-13(16)15(18)19-8-12-7-5-4-6-11(12)2/h4-5,11-13H,3,6-10H2,1-2H3. The van der Waals surface area contributed by atoms with E-state index in [4.69, 9.17) is 4.74 Å². The van der Waals surface area contributed by atoms with Gasteiger partial charge in [0.2, 0.25) is 5.91 Å². The van der Waals surface area contributed by atoms with Crippen molar-refractivity contribution < 1.29 is 14.3 Å². The van der Waals surface area contributed by atoms with Gasteiger partial charge in [0.15, 0.2) is 0 Å². The average molecular weight is 297 g/mol. The second-order valence-electron chi connectivity index (χ2n) is 5.54. The predicted octanol–water partition coefficient (Wildman–Crippen LogP) is 2.44. The number of hydrogen-bond donors (Lipinski definition) is 0. The Hall–Kier alpha value is -0.970. The van der Waals surface area contributed by atoms with Crippen molar-refractivity contribution in [3.05, 3.63) is 12.2 Å². The van der Waals surface area contributed by atoms with Gasteiger partial charge in [-0.15, -0.1) is 11.8 Å². The van der Waals surface area contributed by atoms with Crippen molar-refractivity contribution in [2.45, 2.75) is 39.2 Å². The maximum Gasteiger partial charge on any atom is 0.329 e. The van der Waals surface area contributed by atoms with Crippen LogP contribution in [0.2, 0.25) is 0 Å². The van der Waals surface area contributed by atoms with E-state index >= 15 is 0 Å². The van der Waals surface area contributed by atoms with Gasteiger partial charge in [0.25, 0.3) is 0 Å². The molecule has 1 aliphatic carbocycles.